The van der Waals surface area contributed by atoms with E-state index in [1.54, 1.807) is 37.6 Å². The highest BCUT2D eigenvalue weighted by Crippen LogP contribution is 2.45. The van der Waals surface area contributed by atoms with E-state index < -0.39 is 15.9 Å². The number of aromatic nitrogens is 2. The standard InChI is InChI=1S/C25H24BrFN2O4S/c1-32-20-7-8-21(34(2,30)31)25-22(20)23-19(13-16(26)14-28-23)29(25)24(15-9-11-33-12-10-15)17-5-3-4-6-18(17)27/h3-8,13-15,24H,9-12H2,1-2H3. The molecule has 1 atom stereocenters. The lowest BCUT2D eigenvalue weighted by Crippen LogP contribution is -2.28. The van der Waals surface area contributed by atoms with Gasteiger partial charge in [-0.25, -0.2) is 12.8 Å². The topological polar surface area (TPSA) is 70.4 Å². The maximum Gasteiger partial charge on any atom is 0.177 e. The maximum absolute atomic E-state index is 15.3. The molecule has 2 aromatic heterocycles. The molecule has 0 bridgehead atoms. The van der Waals surface area contributed by atoms with E-state index in [9.17, 15) is 8.42 Å². The number of ether oxygens (including phenoxy) is 2. The van der Waals surface area contributed by atoms with Crippen molar-refractivity contribution in [1.29, 1.82) is 0 Å². The van der Waals surface area contributed by atoms with Gasteiger partial charge in [0, 0.05) is 35.7 Å². The molecule has 1 aliphatic heterocycles. The number of halogens is 2. The van der Waals surface area contributed by atoms with Crippen LogP contribution in [-0.4, -0.2) is 44.5 Å². The van der Waals surface area contributed by atoms with Gasteiger partial charge in [-0.1, -0.05) is 18.2 Å². The second-order valence-electron chi connectivity index (χ2n) is 8.57. The Labute approximate surface area is 205 Å². The number of methoxy groups -OCH3 is 1. The Kier molecular flexibility index (Phi) is 6.12. The molecule has 1 aliphatic rings. The van der Waals surface area contributed by atoms with Crippen LogP contribution in [0.15, 0.2) is 58.0 Å². The summed E-state index contributed by atoms with van der Waals surface area (Å²) in [5.74, 6) is 0.211. The van der Waals surface area contributed by atoms with Gasteiger partial charge in [-0.2, -0.15) is 0 Å². The summed E-state index contributed by atoms with van der Waals surface area (Å²) in [6.45, 7) is 1.13. The van der Waals surface area contributed by atoms with Crippen molar-refractivity contribution >= 4 is 47.7 Å². The summed E-state index contributed by atoms with van der Waals surface area (Å²) in [4.78, 5) is 4.80. The van der Waals surface area contributed by atoms with E-state index in [-0.39, 0.29) is 16.6 Å². The predicted molar refractivity (Wildman–Crippen MR) is 133 cm³/mol. The number of hydrogen-bond donors (Lipinski definition) is 0. The minimum Gasteiger partial charge on any atom is -0.496 e. The minimum atomic E-state index is -3.63. The SMILES string of the molecule is COc1ccc(S(C)(=O)=O)c2c1c1ncc(Br)cc1n2C(c1ccccc1F)C1CCOCC1. The van der Waals surface area contributed by atoms with Crippen LogP contribution in [0.25, 0.3) is 21.9 Å². The van der Waals surface area contributed by atoms with Gasteiger partial charge in [-0.3, -0.25) is 4.98 Å². The first-order valence-electron chi connectivity index (χ1n) is 11.0. The van der Waals surface area contributed by atoms with E-state index in [4.69, 9.17) is 9.47 Å². The molecule has 0 saturated carbocycles. The van der Waals surface area contributed by atoms with E-state index in [0.29, 0.717) is 46.5 Å². The first-order valence-corrected chi connectivity index (χ1v) is 13.7. The predicted octanol–water partition coefficient (Wildman–Crippen LogP) is 5.52. The third-order valence-electron chi connectivity index (χ3n) is 6.51. The second-order valence-corrected chi connectivity index (χ2v) is 11.5. The van der Waals surface area contributed by atoms with E-state index in [1.807, 2.05) is 16.7 Å². The van der Waals surface area contributed by atoms with Crippen molar-refractivity contribution in [2.45, 2.75) is 23.8 Å². The molecule has 5 rings (SSSR count). The van der Waals surface area contributed by atoms with Crippen molar-refractivity contribution in [3.63, 3.8) is 0 Å². The van der Waals surface area contributed by atoms with Gasteiger partial charge in [0.1, 0.15) is 11.6 Å². The van der Waals surface area contributed by atoms with E-state index in [2.05, 4.69) is 20.9 Å². The van der Waals surface area contributed by atoms with Crippen molar-refractivity contribution < 1.29 is 22.3 Å². The average Bonchev–Trinajstić information content (AvgIpc) is 3.14. The lowest BCUT2D eigenvalue weighted by Gasteiger charge is -2.33. The van der Waals surface area contributed by atoms with Crippen LogP contribution in [0.4, 0.5) is 4.39 Å². The summed E-state index contributed by atoms with van der Waals surface area (Å²) in [7, 11) is -2.08. The zero-order valence-corrected chi connectivity index (χ0v) is 21.2. The Bertz CT molecular complexity index is 1500. The molecule has 0 amide bonds. The monoisotopic (exact) mass is 546 g/mol. The van der Waals surface area contributed by atoms with Crippen LogP contribution in [0, 0.1) is 11.7 Å². The van der Waals surface area contributed by atoms with Crippen LogP contribution in [0.5, 0.6) is 5.75 Å². The van der Waals surface area contributed by atoms with Gasteiger partial charge in [-0.05, 0) is 59.0 Å². The minimum absolute atomic E-state index is 0.0297. The molecule has 1 fully saturated rings. The average molecular weight is 547 g/mol. The van der Waals surface area contributed by atoms with Crippen LogP contribution < -0.4 is 4.74 Å². The van der Waals surface area contributed by atoms with Crippen molar-refractivity contribution in [3.05, 3.63) is 64.5 Å². The van der Waals surface area contributed by atoms with Crippen molar-refractivity contribution in [2.75, 3.05) is 26.6 Å². The Morgan fingerprint density at radius 2 is 1.94 bits per heavy atom. The fraction of sp³-hybridized carbons (Fsp3) is 0.320. The number of rotatable bonds is 5. The van der Waals surface area contributed by atoms with Crippen molar-refractivity contribution in [1.82, 2.24) is 9.55 Å². The largest absolute Gasteiger partial charge is 0.496 e. The number of nitrogens with zero attached hydrogens (tertiary/aromatic N) is 2. The van der Waals surface area contributed by atoms with E-state index in [0.717, 1.165) is 17.3 Å². The zero-order valence-electron chi connectivity index (χ0n) is 18.8. The highest BCUT2D eigenvalue weighted by atomic mass is 79.9. The molecule has 1 saturated heterocycles. The third-order valence-corrected chi connectivity index (χ3v) is 8.07. The number of hydrogen-bond acceptors (Lipinski definition) is 5. The van der Waals surface area contributed by atoms with Crippen LogP contribution in [-0.2, 0) is 14.6 Å². The fourth-order valence-electron chi connectivity index (χ4n) is 5.06. The van der Waals surface area contributed by atoms with Gasteiger partial charge < -0.3 is 14.0 Å². The van der Waals surface area contributed by atoms with Crippen molar-refractivity contribution in [3.8, 4) is 5.75 Å². The summed E-state index contributed by atoms with van der Waals surface area (Å²) in [6.07, 6.45) is 4.30. The lowest BCUT2D eigenvalue weighted by molar-refractivity contribution is 0.0548. The number of sulfone groups is 1. The smallest absolute Gasteiger partial charge is 0.177 e. The second kappa shape index (κ2) is 8.94. The summed E-state index contributed by atoms with van der Waals surface area (Å²) < 4.78 is 55.2. The number of pyridine rings is 1. The molecule has 34 heavy (non-hydrogen) atoms. The molecule has 6 nitrogen and oxygen atoms in total. The van der Waals surface area contributed by atoms with Gasteiger partial charge >= 0.3 is 0 Å². The lowest BCUT2D eigenvalue weighted by atomic mass is 9.86. The maximum atomic E-state index is 15.3. The van der Waals surface area contributed by atoms with Crippen LogP contribution in [0.2, 0.25) is 0 Å². The first kappa shape index (κ1) is 23.3. The molecule has 1 unspecified atom stereocenters. The highest BCUT2D eigenvalue weighted by molar-refractivity contribution is 9.10. The Morgan fingerprint density at radius 3 is 2.62 bits per heavy atom. The molecule has 0 N–H and O–H groups in total. The normalized spacial score (nSPS) is 16.2. The molecule has 0 spiro atoms. The van der Waals surface area contributed by atoms with Gasteiger partial charge in [0.25, 0.3) is 0 Å². The highest BCUT2D eigenvalue weighted by Gasteiger charge is 2.34. The molecule has 0 radical (unpaired) electrons. The summed E-state index contributed by atoms with van der Waals surface area (Å²) in [5.41, 5.74) is 2.30. The summed E-state index contributed by atoms with van der Waals surface area (Å²) >= 11 is 3.51. The summed E-state index contributed by atoms with van der Waals surface area (Å²) in [6, 6.07) is 11.3. The number of benzene rings is 2. The Balaban J connectivity index is 1.99. The van der Waals surface area contributed by atoms with Gasteiger partial charge in [0.2, 0.25) is 0 Å². The molecule has 2 aromatic carbocycles. The Morgan fingerprint density at radius 1 is 1.21 bits per heavy atom. The number of fused-ring (bicyclic) bond motifs is 3. The van der Waals surface area contributed by atoms with Gasteiger partial charge in [0.15, 0.2) is 9.84 Å². The van der Waals surface area contributed by atoms with Gasteiger partial charge in [-0.15, -0.1) is 0 Å². The molecular weight excluding hydrogens is 523 g/mol. The van der Waals surface area contributed by atoms with E-state index in [1.165, 1.54) is 12.3 Å². The quantitative estimate of drug-likeness (QED) is 0.329. The van der Waals surface area contributed by atoms with Gasteiger partial charge in [0.05, 0.1) is 40.0 Å². The molecule has 178 valence electrons. The third kappa shape index (κ3) is 3.89. The first-order chi connectivity index (χ1) is 16.3. The molecule has 0 aliphatic carbocycles. The molecular formula is C25H24BrFN2O4S. The van der Waals surface area contributed by atoms with Crippen molar-refractivity contribution in [2.24, 2.45) is 5.92 Å². The van der Waals surface area contributed by atoms with Crippen LogP contribution in [0.3, 0.4) is 0 Å². The molecule has 9 heteroatoms. The Hall–Kier alpha value is -2.49. The van der Waals surface area contributed by atoms with Crippen LogP contribution in [0.1, 0.15) is 24.4 Å². The zero-order chi connectivity index (χ0) is 24.0. The van der Waals surface area contributed by atoms with Crippen LogP contribution >= 0.6 is 15.9 Å². The summed E-state index contributed by atoms with van der Waals surface area (Å²) in [5, 5.41) is 0.598. The fourth-order valence-corrected chi connectivity index (χ4v) is 6.24. The van der Waals surface area contributed by atoms with E-state index >= 15 is 4.39 Å². The molecule has 3 heterocycles. The molecule has 4 aromatic rings.